The van der Waals surface area contributed by atoms with Gasteiger partial charge in [0.05, 0.1) is 11.4 Å². The maximum Gasteiger partial charge on any atom is 0.0669 e. The van der Waals surface area contributed by atoms with E-state index in [0.717, 1.165) is 18.0 Å². The minimum atomic E-state index is 0.920. The summed E-state index contributed by atoms with van der Waals surface area (Å²) in [6.45, 7) is 0. The fourth-order valence-electron chi connectivity index (χ4n) is 3.68. The number of benzene rings is 2. The maximum atomic E-state index is 4.77. The normalized spacial score (nSPS) is 17.8. The molecule has 0 spiro atoms. The smallest absolute Gasteiger partial charge is 0.0669 e. The zero-order valence-electron chi connectivity index (χ0n) is 12.4. The van der Waals surface area contributed by atoms with Crippen molar-refractivity contribution in [1.29, 1.82) is 0 Å². The topological polar surface area (TPSA) is 12.4 Å². The van der Waals surface area contributed by atoms with E-state index in [9.17, 15) is 0 Å². The molecule has 0 aromatic heterocycles. The van der Waals surface area contributed by atoms with E-state index in [0.29, 0.717) is 0 Å². The van der Waals surface area contributed by atoms with Crippen LogP contribution in [-0.2, 0) is 12.8 Å². The van der Waals surface area contributed by atoms with E-state index in [2.05, 4.69) is 48.5 Å². The molecule has 2 aromatic carbocycles. The van der Waals surface area contributed by atoms with E-state index in [1.165, 1.54) is 54.5 Å². The van der Waals surface area contributed by atoms with Crippen LogP contribution in [0.5, 0.6) is 0 Å². The van der Waals surface area contributed by atoms with Gasteiger partial charge in [-0.2, -0.15) is 0 Å². The van der Waals surface area contributed by atoms with Crippen molar-refractivity contribution in [1.82, 2.24) is 0 Å². The molecule has 1 saturated carbocycles. The minimum Gasteiger partial charge on any atom is -0.252 e. The van der Waals surface area contributed by atoms with Crippen LogP contribution in [0.2, 0.25) is 0 Å². The fraction of sp³-hybridized carbons (Fsp3) is 0.350. The molecule has 4 rings (SSSR count). The first-order valence-electron chi connectivity index (χ1n) is 8.13. The first kappa shape index (κ1) is 12.8. The van der Waals surface area contributed by atoms with Crippen LogP contribution < -0.4 is 0 Å². The molecule has 2 aromatic rings. The summed E-state index contributed by atoms with van der Waals surface area (Å²) in [5.41, 5.74) is 6.47. The molecule has 0 atom stereocenters. The molecule has 0 radical (unpaired) electrons. The van der Waals surface area contributed by atoms with Gasteiger partial charge in [-0.3, -0.25) is 4.99 Å². The largest absolute Gasteiger partial charge is 0.252 e. The van der Waals surface area contributed by atoms with E-state index >= 15 is 0 Å². The second-order valence-electron chi connectivity index (χ2n) is 6.42. The fourth-order valence-corrected chi connectivity index (χ4v) is 3.68. The molecular weight excluding hydrogens is 254 g/mol. The van der Waals surface area contributed by atoms with E-state index in [4.69, 9.17) is 4.99 Å². The molecule has 106 valence electrons. The molecule has 1 aliphatic carbocycles. The Morgan fingerprint density at radius 2 is 1.67 bits per heavy atom. The second-order valence-corrected chi connectivity index (χ2v) is 6.42. The van der Waals surface area contributed by atoms with Crippen molar-refractivity contribution in [2.45, 2.75) is 38.5 Å². The van der Waals surface area contributed by atoms with Crippen molar-refractivity contribution in [3.63, 3.8) is 0 Å². The van der Waals surface area contributed by atoms with Crippen molar-refractivity contribution in [3.8, 4) is 0 Å². The summed E-state index contributed by atoms with van der Waals surface area (Å²) in [6.07, 6.45) is 7.92. The Bertz CT molecular complexity index is 660. The lowest BCUT2D eigenvalue weighted by molar-refractivity contribution is 0.546. The van der Waals surface area contributed by atoms with Crippen LogP contribution in [0.15, 0.2) is 53.5 Å². The molecule has 0 unspecified atom stereocenters. The monoisotopic (exact) mass is 275 g/mol. The zero-order chi connectivity index (χ0) is 14.1. The summed E-state index contributed by atoms with van der Waals surface area (Å²) in [5, 5.41) is 0. The van der Waals surface area contributed by atoms with Crippen LogP contribution in [0.25, 0.3) is 0 Å². The molecule has 0 bridgehead atoms. The number of rotatable bonds is 3. The quantitative estimate of drug-likeness (QED) is 0.739. The molecule has 0 amide bonds. The van der Waals surface area contributed by atoms with Gasteiger partial charge in [-0.05, 0) is 35.1 Å². The Labute approximate surface area is 126 Å². The van der Waals surface area contributed by atoms with Crippen molar-refractivity contribution < 1.29 is 0 Å². The Morgan fingerprint density at radius 3 is 2.43 bits per heavy atom. The third-order valence-corrected chi connectivity index (χ3v) is 4.89. The van der Waals surface area contributed by atoms with Crippen LogP contribution in [0, 0.1) is 5.92 Å². The molecule has 2 aliphatic rings. The Morgan fingerprint density at radius 1 is 0.905 bits per heavy atom. The lowest BCUT2D eigenvalue weighted by Crippen LogP contribution is -2.02. The van der Waals surface area contributed by atoms with Crippen molar-refractivity contribution in [2.75, 3.05) is 0 Å². The highest BCUT2D eigenvalue weighted by molar-refractivity contribution is 6.06. The van der Waals surface area contributed by atoms with Gasteiger partial charge in [-0.25, -0.2) is 0 Å². The van der Waals surface area contributed by atoms with Crippen molar-refractivity contribution in [2.24, 2.45) is 10.9 Å². The van der Waals surface area contributed by atoms with E-state index < -0.39 is 0 Å². The van der Waals surface area contributed by atoms with Crippen molar-refractivity contribution >= 4 is 11.4 Å². The molecule has 1 nitrogen and oxygen atoms in total. The first-order valence-corrected chi connectivity index (χ1v) is 8.13. The lowest BCUT2D eigenvalue weighted by atomic mass is 9.96. The number of nitrogens with zero attached hydrogens (tertiary/aromatic N) is 1. The molecule has 1 heteroatoms. The molecule has 0 N–H and O–H groups in total. The van der Waals surface area contributed by atoms with Gasteiger partial charge in [0.2, 0.25) is 0 Å². The number of aliphatic imine (C=N–C) groups is 1. The van der Waals surface area contributed by atoms with Crippen LogP contribution in [0.3, 0.4) is 0 Å². The lowest BCUT2D eigenvalue weighted by Gasteiger charge is -2.09. The predicted molar refractivity (Wildman–Crippen MR) is 88.4 cm³/mol. The Hall–Kier alpha value is -1.89. The van der Waals surface area contributed by atoms with Gasteiger partial charge >= 0.3 is 0 Å². The standard InChI is InChI=1S/C20H21N/c1-2-6-15(5-1)13-16-9-11-17(12-10-16)20-14-18-7-3-4-8-19(18)21-20/h3-4,7-12,15H,1-2,5-6,13-14H2. The van der Waals surface area contributed by atoms with Crippen LogP contribution in [0.4, 0.5) is 5.69 Å². The van der Waals surface area contributed by atoms with Crippen molar-refractivity contribution in [3.05, 3.63) is 65.2 Å². The van der Waals surface area contributed by atoms with E-state index in [1.54, 1.807) is 0 Å². The van der Waals surface area contributed by atoms with Gasteiger partial charge in [-0.1, -0.05) is 68.1 Å². The Balaban J connectivity index is 1.50. The van der Waals surface area contributed by atoms with E-state index in [-0.39, 0.29) is 0 Å². The molecule has 0 saturated heterocycles. The van der Waals surface area contributed by atoms with Gasteiger partial charge < -0.3 is 0 Å². The Kier molecular flexibility index (Phi) is 3.34. The molecule has 1 aliphatic heterocycles. The van der Waals surface area contributed by atoms with E-state index in [1.807, 2.05) is 0 Å². The first-order chi connectivity index (χ1) is 10.4. The molecule has 1 heterocycles. The average molecular weight is 275 g/mol. The highest BCUT2D eigenvalue weighted by atomic mass is 14.8. The highest BCUT2D eigenvalue weighted by Crippen LogP contribution is 2.30. The van der Waals surface area contributed by atoms with Crippen LogP contribution >= 0.6 is 0 Å². The summed E-state index contributed by atoms with van der Waals surface area (Å²) < 4.78 is 0. The summed E-state index contributed by atoms with van der Waals surface area (Å²) in [6, 6.07) is 17.6. The predicted octanol–water partition coefficient (Wildman–Crippen LogP) is 5.10. The van der Waals surface area contributed by atoms with Crippen LogP contribution in [-0.4, -0.2) is 5.71 Å². The SMILES string of the molecule is c1ccc2c(c1)CC(c1ccc(CC3CCCC3)cc1)=N2. The third-order valence-electron chi connectivity index (χ3n) is 4.89. The van der Waals surface area contributed by atoms with Gasteiger partial charge in [0.1, 0.15) is 0 Å². The van der Waals surface area contributed by atoms with Gasteiger partial charge in [0, 0.05) is 6.42 Å². The minimum absolute atomic E-state index is 0.920. The van der Waals surface area contributed by atoms with Gasteiger partial charge in [0.25, 0.3) is 0 Å². The second kappa shape index (κ2) is 5.48. The number of hydrogen-bond acceptors (Lipinski definition) is 1. The maximum absolute atomic E-state index is 4.77. The summed E-state index contributed by atoms with van der Waals surface area (Å²) in [7, 11) is 0. The summed E-state index contributed by atoms with van der Waals surface area (Å²) >= 11 is 0. The zero-order valence-corrected chi connectivity index (χ0v) is 12.4. The van der Waals surface area contributed by atoms with Gasteiger partial charge in [0.15, 0.2) is 0 Å². The summed E-state index contributed by atoms with van der Waals surface area (Å²) in [4.78, 5) is 4.77. The highest BCUT2D eigenvalue weighted by Gasteiger charge is 2.17. The molecule has 1 fully saturated rings. The number of fused-ring (bicyclic) bond motifs is 1. The van der Waals surface area contributed by atoms with Gasteiger partial charge in [-0.15, -0.1) is 0 Å². The average Bonchev–Trinajstić information content (AvgIpc) is 3.16. The number of hydrogen-bond donors (Lipinski definition) is 0. The third kappa shape index (κ3) is 2.65. The van der Waals surface area contributed by atoms with Crippen LogP contribution in [0.1, 0.15) is 42.4 Å². The molecule has 21 heavy (non-hydrogen) atoms. The molecular formula is C20H21N. The number of para-hydroxylation sites is 1. The summed E-state index contributed by atoms with van der Waals surface area (Å²) in [5.74, 6) is 0.920.